The SMILES string of the molecule is O=C1NCc2cc(-c3cnc(NCC4CCCCC4)c4nccn34)ccc21. The van der Waals surface area contributed by atoms with Gasteiger partial charge in [0.2, 0.25) is 0 Å². The molecule has 1 saturated carbocycles. The number of rotatable bonds is 4. The van der Waals surface area contributed by atoms with E-state index in [1.54, 1.807) is 0 Å². The summed E-state index contributed by atoms with van der Waals surface area (Å²) < 4.78 is 2.07. The van der Waals surface area contributed by atoms with Crippen LogP contribution in [0.2, 0.25) is 0 Å². The molecule has 0 atom stereocenters. The molecule has 2 aliphatic rings. The molecular formula is C21H23N5O. The molecule has 6 nitrogen and oxygen atoms in total. The van der Waals surface area contributed by atoms with Crippen LogP contribution in [-0.2, 0) is 6.54 Å². The Hall–Kier alpha value is -2.89. The van der Waals surface area contributed by atoms with Gasteiger partial charge in [-0.1, -0.05) is 25.3 Å². The van der Waals surface area contributed by atoms with Crippen LogP contribution in [0.5, 0.6) is 0 Å². The number of imidazole rings is 1. The minimum atomic E-state index is 0.00436. The van der Waals surface area contributed by atoms with Crippen LogP contribution in [0.1, 0.15) is 48.0 Å². The number of nitrogens with zero attached hydrogens (tertiary/aromatic N) is 3. The van der Waals surface area contributed by atoms with E-state index in [2.05, 4.69) is 31.1 Å². The number of hydrogen-bond acceptors (Lipinski definition) is 4. The van der Waals surface area contributed by atoms with Gasteiger partial charge in [0.1, 0.15) is 0 Å². The fourth-order valence-corrected chi connectivity index (χ4v) is 4.28. The second kappa shape index (κ2) is 6.68. The summed E-state index contributed by atoms with van der Waals surface area (Å²) >= 11 is 0. The van der Waals surface area contributed by atoms with Crippen molar-refractivity contribution in [1.29, 1.82) is 0 Å². The van der Waals surface area contributed by atoms with Crippen LogP contribution in [0.3, 0.4) is 0 Å². The maximum atomic E-state index is 11.8. The molecule has 1 fully saturated rings. The number of amides is 1. The molecule has 1 aliphatic heterocycles. The Morgan fingerprint density at radius 2 is 2.07 bits per heavy atom. The quantitative estimate of drug-likeness (QED) is 0.744. The highest BCUT2D eigenvalue weighted by molar-refractivity contribution is 5.98. The Labute approximate surface area is 158 Å². The molecule has 3 heterocycles. The summed E-state index contributed by atoms with van der Waals surface area (Å²) in [5.41, 5.74) is 4.66. The summed E-state index contributed by atoms with van der Waals surface area (Å²) in [5, 5.41) is 6.39. The third-order valence-electron chi connectivity index (χ3n) is 5.80. The molecule has 0 bridgehead atoms. The molecule has 6 heteroatoms. The van der Waals surface area contributed by atoms with Gasteiger partial charge in [-0.05, 0) is 36.5 Å². The number of nitrogens with one attached hydrogen (secondary N) is 2. The van der Waals surface area contributed by atoms with E-state index in [0.29, 0.717) is 6.54 Å². The van der Waals surface area contributed by atoms with Crippen molar-refractivity contribution in [3.63, 3.8) is 0 Å². The number of benzene rings is 1. The minimum Gasteiger partial charge on any atom is -0.367 e. The molecule has 0 radical (unpaired) electrons. The van der Waals surface area contributed by atoms with E-state index in [1.165, 1.54) is 32.1 Å². The smallest absolute Gasteiger partial charge is 0.251 e. The van der Waals surface area contributed by atoms with Crippen molar-refractivity contribution in [2.45, 2.75) is 38.6 Å². The summed E-state index contributed by atoms with van der Waals surface area (Å²) in [7, 11) is 0. The second-order valence-electron chi connectivity index (χ2n) is 7.55. The Balaban J connectivity index is 1.45. The normalized spacial score (nSPS) is 17.1. The molecule has 5 rings (SSSR count). The molecule has 1 amide bonds. The summed E-state index contributed by atoms with van der Waals surface area (Å²) in [6.07, 6.45) is 12.3. The van der Waals surface area contributed by atoms with E-state index in [-0.39, 0.29) is 5.91 Å². The lowest BCUT2D eigenvalue weighted by molar-refractivity contribution is 0.0966. The van der Waals surface area contributed by atoms with Crippen molar-refractivity contribution in [2.24, 2.45) is 5.92 Å². The van der Waals surface area contributed by atoms with E-state index in [0.717, 1.165) is 46.3 Å². The Morgan fingerprint density at radius 3 is 2.96 bits per heavy atom. The zero-order chi connectivity index (χ0) is 18.2. The van der Waals surface area contributed by atoms with Gasteiger partial charge in [0, 0.05) is 36.6 Å². The van der Waals surface area contributed by atoms with Crippen LogP contribution in [0.25, 0.3) is 16.9 Å². The number of hydrogen-bond donors (Lipinski definition) is 2. The molecule has 1 aromatic carbocycles. The van der Waals surface area contributed by atoms with E-state index in [1.807, 2.05) is 30.7 Å². The number of carbonyl (C=O) groups is 1. The van der Waals surface area contributed by atoms with Crippen LogP contribution < -0.4 is 10.6 Å². The lowest BCUT2D eigenvalue weighted by Gasteiger charge is -2.22. The topological polar surface area (TPSA) is 71.3 Å². The van der Waals surface area contributed by atoms with E-state index in [4.69, 9.17) is 0 Å². The number of carbonyl (C=O) groups excluding carboxylic acids is 1. The molecule has 138 valence electrons. The van der Waals surface area contributed by atoms with Gasteiger partial charge in [0.05, 0.1) is 11.9 Å². The van der Waals surface area contributed by atoms with Crippen LogP contribution in [0.4, 0.5) is 5.82 Å². The van der Waals surface area contributed by atoms with Crippen molar-refractivity contribution in [2.75, 3.05) is 11.9 Å². The minimum absolute atomic E-state index is 0.00436. The first-order valence-electron chi connectivity index (χ1n) is 9.77. The molecule has 1 aliphatic carbocycles. The zero-order valence-corrected chi connectivity index (χ0v) is 15.2. The van der Waals surface area contributed by atoms with E-state index < -0.39 is 0 Å². The molecule has 27 heavy (non-hydrogen) atoms. The van der Waals surface area contributed by atoms with Gasteiger partial charge in [-0.3, -0.25) is 9.20 Å². The van der Waals surface area contributed by atoms with Crippen molar-refractivity contribution < 1.29 is 4.79 Å². The highest BCUT2D eigenvalue weighted by Crippen LogP contribution is 2.28. The van der Waals surface area contributed by atoms with Crippen LogP contribution in [0, 0.1) is 5.92 Å². The lowest BCUT2D eigenvalue weighted by atomic mass is 9.89. The molecule has 3 aromatic rings. The third kappa shape index (κ3) is 2.95. The average molecular weight is 361 g/mol. The van der Waals surface area contributed by atoms with E-state index in [9.17, 15) is 4.79 Å². The predicted octanol–water partition coefficient (Wildman–Crippen LogP) is 3.63. The fraction of sp³-hybridized carbons (Fsp3) is 0.381. The molecule has 0 saturated heterocycles. The predicted molar refractivity (Wildman–Crippen MR) is 105 cm³/mol. The van der Waals surface area contributed by atoms with Gasteiger partial charge in [-0.15, -0.1) is 0 Å². The van der Waals surface area contributed by atoms with Gasteiger partial charge in [-0.25, -0.2) is 9.97 Å². The van der Waals surface area contributed by atoms with Crippen molar-refractivity contribution in [3.05, 3.63) is 47.9 Å². The van der Waals surface area contributed by atoms with Crippen LogP contribution in [-0.4, -0.2) is 26.8 Å². The summed E-state index contributed by atoms with van der Waals surface area (Å²) in [5.74, 6) is 1.58. The highest BCUT2D eigenvalue weighted by atomic mass is 16.1. The van der Waals surface area contributed by atoms with Crippen molar-refractivity contribution >= 4 is 17.4 Å². The summed E-state index contributed by atoms with van der Waals surface area (Å²) in [6.45, 7) is 1.55. The Bertz CT molecular complexity index is 1000. The standard InChI is InChI=1S/C21H23N5O/c27-21-17-7-6-15(10-16(17)12-25-21)18-13-24-19(20-22-8-9-26(18)20)23-11-14-4-2-1-3-5-14/h6-10,13-14H,1-5,11-12H2,(H,23,24)(H,25,27). The molecule has 0 spiro atoms. The second-order valence-corrected chi connectivity index (χ2v) is 7.55. The summed E-state index contributed by atoms with van der Waals surface area (Å²) in [6, 6.07) is 5.94. The zero-order valence-electron chi connectivity index (χ0n) is 15.2. The maximum absolute atomic E-state index is 11.8. The first-order chi connectivity index (χ1) is 13.3. The maximum Gasteiger partial charge on any atom is 0.251 e. The number of aromatic nitrogens is 3. The summed E-state index contributed by atoms with van der Waals surface area (Å²) in [4.78, 5) is 21.0. The monoisotopic (exact) mass is 361 g/mol. The third-order valence-corrected chi connectivity index (χ3v) is 5.80. The first kappa shape index (κ1) is 16.3. The van der Waals surface area contributed by atoms with Crippen molar-refractivity contribution in [3.8, 4) is 11.3 Å². The van der Waals surface area contributed by atoms with Gasteiger partial charge in [0.25, 0.3) is 5.91 Å². The fourth-order valence-electron chi connectivity index (χ4n) is 4.28. The van der Waals surface area contributed by atoms with Gasteiger partial charge >= 0.3 is 0 Å². The average Bonchev–Trinajstić information content (AvgIpc) is 3.34. The van der Waals surface area contributed by atoms with Crippen LogP contribution in [0.15, 0.2) is 36.8 Å². The first-order valence-corrected chi connectivity index (χ1v) is 9.77. The lowest BCUT2D eigenvalue weighted by Crippen LogP contribution is -2.18. The number of anilines is 1. The largest absolute Gasteiger partial charge is 0.367 e. The molecule has 2 N–H and O–H groups in total. The van der Waals surface area contributed by atoms with Gasteiger partial charge in [0.15, 0.2) is 11.5 Å². The molecule has 2 aromatic heterocycles. The van der Waals surface area contributed by atoms with Gasteiger partial charge < -0.3 is 10.6 Å². The Kier molecular flexibility index (Phi) is 4.03. The Morgan fingerprint density at radius 1 is 1.19 bits per heavy atom. The van der Waals surface area contributed by atoms with E-state index >= 15 is 0 Å². The highest BCUT2D eigenvalue weighted by Gasteiger charge is 2.20. The van der Waals surface area contributed by atoms with Crippen molar-refractivity contribution in [1.82, 2.24) is 19.7 Å². The van der Waals surface area contributed by atoms with Gasteiger partial charge in [-0.2, -0.15) is 0 Å². The molecular weight excluding hydrogens is 338 g/mol. The van der Waals surface area contributed by atoms with Crippen LogP contribution >= 0.6 is 0 Å². The molecule has 0 unspecified atom stereocenters. The number of fused-ring (bicyclic) bond motifs is 2.